The van der Waals surface area contributed by atoms with Crippen LogP contribution in [0.4, 0.5) is 10.9 Å². The molecule has 0 amide bonds. The monoisotopic (exact) mass is 382 g/mol. The first kappa shape index (κ1) is 18.1. The van der Waals surface area contributed by atoms with E-state index in [0.29, 0.717) is 5.92 Å². The van der Waals surface area contributed by atoms with Gasteiger partial charge in [0.25, 0.3) is 0 Å². The number of pyridine rings is 1. The Morgan fingerprint density at radius 2 is 2.04 bits per heavy atom. The lowest BCUT2D eigenvalue weighted by molar-refractivity contribution is 0.203. The number of anilines is 2. The van der Waals surface area contributed by atoms with Gasteiger partial charge in [-0.25, -0.2) is 9.97 Å². The van der Waals surface area contributed by atoms with Crippen molar-refractivity contribution in [1.82, 2.24) is 24.6 Å². The zero-order chi connectivity index (χ0) is 18.8. The van der Waals surface area contributed by atoms with Gasteiger partial charge in [0.1, 0.15) is 5.82 Å². The predicted molar refractivity (Wildman–Crippen MR) is 110 cm³/mol. The summed E-state index contributed by atoms with van der Waals surface area (Å²) < 4.78 is 1.91. The third kappa shape index (κ3) is 4.36. The molecule has 1 N–H and O–H groups in total. The third-order valence-corrected chi connectivity index (χ3v) is 5.97. The number of aromatic nitrogens is 4. The van der Waals surface area contributed by atoms with Crippen molar-refractivity contribution in [3.63, 3.8) is 0 Å². The Labute approximate surface area is 164 Å². The van der Waals surface area contributed by atoms with Crippen LogP contribution in [0.2, 0.25) is 0 Å². The lowest BCUT2D eigenvalue weighted by Crippen LogP contribution is -2.32. The smallest absolute Gasteiger partial charge is 0.188 e. The van der Waals surface area contributed by atoms with Crippen LogP contribution in [0.5, 0.6) is 0 Å². The summed E-state index contributed by atoms with van der Waals surface area (Å²) in [5.41, 5.74) is 3.65. The quantitative estimate of drug-likeness (QED) is 0.722. The van der Waals surface area contributed by atoms with Crippen molar-refractivity contribution in [3.05, 3.63) is 52.4 Å². The van der Waals surface area contributed by atoms with Gasteiger partial charge >= 0.3 is 0 Å². The van der Waals surface area contributed by atoms with Crippen LogP contribution in [0, 0.1) is 13.8 Å². The van der Waals surface area contributed by atoms with Crippen LogP contribution >= 0.6 is 11.3 Å². The number of hydrogen-bond acceptors (Lipinski definition) is 6. The molecule has 0 atom stereocenters. The van der Waals surface area contributed by atoms with Gasteiger partial charge in [-0.05, 0) is 51.9 Å². The Morgan fingerprint density at radius 3 is 2.70 bits per heavy atom. The number of thiazole rings is 1. The van der Waals surface area contributed by atoms with Crippen molar-refractivity contribution in [2.75, 3.05) is 18.4 Å². The Balaban J connectivity index is 1.36. The van der Waals surface area contributed by atoms with Crippen molar-refractivity contribution >= 4 is 22.3 Å². The molecule has 3 aromatic rings. The molecule has 1 aliphatic heterocycles. The van der Waals surface area contributed by atoms with Crippen molar-refractivity contribution in [3.8, 4) is 0 Å². The first-order chi connectivity index (χ1) is 13.1. The lowest BCUT2D eigenvalue weighted by Gasteiger charge is -2.31. The molecule has 0 bridgehead atoms. The molecule has 6 nitrogen and oxygen atoms in total. The number of likely N-dealkylation sites (tertiary alicyclic amines) is 1. The molecular weight excluding hydrogens is 356 g/mol. The number of rotatable bonds is 5. The Bertz CT molecular complexity index is 907. The largest absolute Gasteiger partial charge is 0.316 e. The fourth-order valence-corrected chi connectivity index (χ4v) is 4.37. The first-order valence-corrected chi connectivity index (χ1v) is 10.3. The average molecular weight is 383 g/mol. The molecule has 0 radical (unpaired) electrons. The molecule has 4 heterocycles. The van der Waals surface area contributed by atoms with Crippen LogP contribution in [0.3, 0.4) is 0 Å². The normalized spacial score (nSPS) is 16.0. The van der Waals surface area contributed by atoms with Gasteiger partial charge in [-0.2, -0.15) is 5.10 Å². The summed E-state index contributed by atoms with van der Waals surface area (Å²) in [4.78, 5) is 12.9. The standard InChI is InChI=1S/C20H26N6S/c1-14-11-21-20(27-14)23-19-6-4-5-18(22-19)16-7-9-26(10-8-16)13-17-12-25(3)24-15(17)2/h4-6,11-12,16H,7-10,13H2,1-3H3,(H,21,22,23). The maximum Gasteiger partial charge on any atom is 0.188 e. The molecule has 0 unspecified atom stereocenters. The summed E-state index contributed by atoms with van der Waals surface area (Å²) in [5.74, 6) is 1.41. The lowest BCUT2D eigenvalue weighted by atomic mass is 9.93. The van der Waals surface area contributed by atoms with E-state index in [1.54, 1.807) is 11.3 Å². The molecule has 1 saturated heterocycles. The van der Waals surface area contributed by atoms with Crippen molar-refractivity contribution in [1.29, 1.82) is 0 Å². The molecule has 0 aliphatic carbocycles. The maximum atomic E-state index is 4.85. The molecule has 0 aromatic carbocycles. The first-order valence-electron chi connectivity index (χ1n) is 9.45. The van der Waals surface area contributed by atoms with E-state index < -0.39 is 0 Å². The highest BCUT2D eigenvalue weighted by atomic mass is 32.1. The van der Waals surface area contributed by atoms with E-state index in [2.05, 4.69) is 52.5 Å². The van der Waals surface area contributed by atoms with Crippen molar-refractivity contribution in [2.24, 2.45) is 7.05 Å². The minimum Gasteiger partial charge on any atom is -0.316 e. The van der Waals surface area contributed by atoms with Gasteiger partial charge in [0.05, 0.1) is 5.69 Å². The predicted octanol–water partition coefficient (Wildman–Crippen LogP) is 4.01. The SMILES string of the molecule is Cc1cnc(Nc2cccc(C3CCN(Cc4cn(C)nc4C)CC3)n2)s1. The summed E-state index contributed by atoms with van der Waals surface area (Å²) in [6.07, 6.45) is 6.31. The summed E-state index contributed by atoms with van der Waals surface area (Å²) >= 11 is 1.65. The van der Waals surface area contributed by atoms with Gasteiger partial charge in [-0.15, -0.1) is 11.3 Å². The van der Waals surface area contributed by atoms with Crippen LogP contribution in [-0.2, 0) is 13.6 Å². The number of nitrogens with zero attached hydrogens (tertiary/aromatic N) is 5. The molecular formula is C20H26N6S. The minimum absolute atomic E-state index is 0.524. The highest BCUT2D eigenvalue weighted by Crippen LogP contribution is 2.29. The van der Waals surface area contributed by atoms with E-state index in [9.17, 15) is 0 Å². The van der Waals surface area contributed by atoms with Gasteiger partial charge in [-0.1, -0.05) is 6.07 Å². The maximum absolute atomic E-state index is 4.85. The Kier molecular flexibility index (Phi) is 5.22. The summed E-state index contributed by atoms with van der Waals surface area (Å²) in [6.45, 7) is 7.35. The Morgan fingerprint density at radius 1 is 1.22 bits per heavy atom. The fraction of sp³-hybridized carbons (Fsp3) is 0.450. The van der Waals surface area contributed by atoms with Crippen LogP contribution < -0.4 is 5.32 Å². The van der Waals surface area contributed by atoms with E-state index in [1.807, 2.05) is 24.0 Å². The molecule has 0 spiro atoms. The summed E-state index contributed by atoms with van der Waals surface area (Å²) in [6, 6.07) is 6.26. The summed E-state index contributed by atoms with van der Waals surface area (Å²) in [7, 11) is 1.99. The fourth-order valence-electron chi connectivity index (χ4n) is 3.70. The molecule has 0 saturated carbocycles. The van der Waals surface area contributed by atoms with E-state index in [-0.39, 0.29) is 0 Å². The number of aryl methyl sites for hydroxylation is 3. The van der Waals surface area contributed by atoms with Crippen LogP contribution in [0.15, 0.2) is 30.6 Å². The highest BCUT2D eigenvalue weighted by molar-refractivity contribution is 7.15. The van der Waals surface area contributed by atoms with Crippen LogP contribution in [0.25, 0.3) is 0 Å². The number of hydrogen-bond donors (Lipinski definition) is 1. The summed E-state index contributed by atoms with van der Waals surface area (Å²) in [5, 5.41) is 8.69. The van der Waals surface area contributed by atoms with Gasteiger partial charge in [-0.3, -0.25) is 9.58 Å². The second kappa shape index (κ2) is 7.78. The van der Waals surface area contributed by atoms with Gasteiger partial charge in [0.15, 0.2) is 5.13 Å². The third-order valence-electron chi connectivity index (χ3n) is 5.14. The van der Waals surface area contributed by atoms with Crippen molar-refractivity contribution < 1.29 is 0 Å². The number of piperidine rings is 1. The molecule has 4 rings (SSSR count). The molecule has 1 aliphatic rings. The average Bonchev–Trinajstić information content (AvgIpc) is 3.20. The van der Waals surface area contributed by atoms with Gasteiger partial charge < -0.3 is 5.32 Å². The van der Waals surface area contributed by atoms with E-state index in [0.717, 1.165) is 49.1 Å². The highest BCUT2D eigenvalue weighted by Gasteiger charge is 2.22. The van der Waals surface area contributed by atoms with Gasteiger partial charge in [0, 0.05) is 48.0 Å². The topological polar surface area (TPSA) is 58.9 Å². The zero-order valence-corrected chi connectivity index (χ0v) is 17.0. The molecule has 27 heavy (non-hydrogen) atoms. The zero-order valence-electron chi connectivity index (χ0n) is 16.1. The molecule has 3 aromatic heterocycles. The van der Waals surface area contributed by atoms with Crippen molar-refractivity contribution in [2.45, 2.75) is 39.2 Å². The molecule has 1 fully saturated rings. The number of nitrogens with one attached hydrogen (secondary N) is 1. The van der Waals surface area contributed by atoms with Crippen LogP contribution in [0.1, 0.15) is 40.6 Å². The van der Waals surface area contributed by atoms with E-state index in [4.69, 9.17) is 4.98 Å². The van der Waals surface area contributed by atoms with E-state index >= 15 is 0 Å². The minimum atomic E-state index is 0.524. The molecule has 7 heteroatoms. The second-order valence-corrected chi connectivity index (χ2v) is 8.55. The molecule has 142 valence electrons. The van der Waals surface area contributed by atoms with Gasteiger partial charge in [0.2, 0.25) is 0 Å². The van der Waals surface area contributed by atoms with E-state index in [1.165, 1.54) is 16.1 Å². The Hall–Kier alpha value is -2.25. The van der Waals surface area contributed by atoms with Crippen LogP contribution in [-0.4, -0.2) is 37.7 Å². The second-order valence-electron chi connectivity index (χ2n) is 7.31.